The first kappa shape index (κ1) is 27.8. The Bertz CT molecular complexity index is 1570. The molecule has 0 fully saturated rings. The van der Waals surface area contributed by atoms with Crippen molar-refractivity contribution < 1.29 is 18.8 Å². The molecule has 4 aromatic rings. The lowest BCUT2D eigenvalue weighted by molar-refractivity contribution is -0.138. The molecule has 8 nitrogen and oxygen atoms in total. The van der Waals surface area contributed by atoms with Crippen molar-refractivity contribution in [3.8, 4) is 11.3 Å². The summed E-state index contributed by atoms with van der Waals surface area (Å²) in [6.45, 7) is 6.87. The van der Waals surface area contributed by atoms with Crippen molar-refractivity contribution in [2.24, 2.45) is 7.05 Å². The molecule has 0 saturated carbocycles. The quantitative estimate of drug-likeness (QED) is 0.228. The molecule has 4 rings (SSSR count). The van der Waals surface area contributed by atoms with Crippen molar-refractivity contribution in [2.45, 2.75) is 33.0 Å². The van der Waals surface area contributed by atoms with E-state index in [0.717, 1.165) is 11.3 Å². The number of hydrogen-bond acceptors (Lipinski definition) is 4. The lowest BCUT2D eigenvalue weighted by Crippen LogP contribution is -2.45. The SMILES string of the molecule is C=CC(=O)c1cn(CC(=O)N(CC(=O)NCc2cccc(Cl)c2F)C(C)C)c2ccc(-c3ccn(C)n3)cc12. The number of benzene rings is 2. The van der Waals surface area contributed by atoms with Gasteiger partial charge in [0.25, 0.3) is 0 Å². The van der Waals surface area contributed by atoms with Crippen LogP contribution in [0.4, 0.5) is 4.39 Å². The Labute approximate surface area is 230 Å². The molecule has 0 radical (unpaired) electrons. The minimum absolute atomic E-state index is 0.0267. The van der Waals surface area contributed by atoms with Crippen molar-refractivity contribution in [1.82, 2.24) is 24.6 Å². The number of aryl methyl sites for hydroxylation is 1. The number of allylic oxidation sites excluding steroid dienone is 1. The predicted octanol–water partition coefficient (Wildman–Crippen LogP) is 4.76. The molecule has 0 bridgehead atoms. The molecule has 0 aliphatic carbocycles. The summed E-state index contributed by atoms with van der Waals surface area (Å²) in [5.74, 6) is -1.60. The normalized spacial score (nSPS) is 11.1. The number of amides is 2. The van der Waals surface area contributed by atoms with Crippen LogP contribution < -0.4 is 5.32 Å². The Kier molecular flexibility index (Phi) is 8.30. The molecule has 0 spiro atoms. The van der Waals surface area contributed by atoms with Gasteiger partial charge in [0.1, 0.15) is 12.4 Å². The topological polar surface area (TPSA) is 89.2 Å². The fourth-order valence-corrected chi connectivity index (χ4v) is 4.54. The molecule has 0 atom stereocenters. The van der Waals surface area contributed by atoms with E-state index in [0.29, 0.717) is 16.5 Å². The van der Waals surface area contributed by atoms with Crippen molar-refractivity contribution in [3.05, 3.63) is 89.5 Å². The van der Waals surface area contributed by atoms with Crippen LogP contribution in [-0.2, 0) is 29.7 Å². The van der Waals surface area contributed by atoms with E-state index in [1.54, 1.807) is 35.4 Å². The highest BCUT2D eigenvalue weighted by Gasteiger charge is 2.23. The number of fused-ring (bicyclic) bond motifs is 1. The maximum atomic E-state index is 14.2. The van der Waals surface area contributed by atoms with E-state index in [-0.39, 0.29) is 48.0 Å². The molecule has 2 aromatic carbocycles. The summed E-state index contributed by atoms with van der Waals surface area (Å²) in [7, 11) is 1.83. The second-order valence-electron chi connectivity index (χ2n) is 9.45. The molecule has 202 valence electrons. The van der Waals surface area contributed by atoms with Crippen LogP contribution in [-0.4, -0.2) is 49.4 Å². The third kappa shape index (κ3) is 6.09. The second kappa shape index (κ2) is 11.7. The van der Waals surface area contributed by atoms with Gasteiger partial charge in [0, 0.05) is 59.6 Å². The maximum Gasteiger partial charge on any atom is 0.243 e. The van der Waals surface area contributed by atoms with E-state index in [1.165, 1.54) is 23.1 Å². The first-order valence-electron chi connectivity index (χ1n) is 12.4. The van der Waals surface area contributed by atoms with Gasteiger partial charge in [0.2, 0.25) is 11.8 Å². The monoisotopic (exact) mass is 549 g/mol. The summed E-state index contributed by atoms with van der Waals surface area (Å²) in [5, 5.41) is 7.73. The van der Waals surface area contributed by atoms with E-state index in [2.05, 4.69) is 17.0 Å². The van der Waals surface area contributed by atoms with Gasteiger partial charge in [-0.2, -0.15) is 5.10 Å². The summed E-state index contributed by atoms with van der Waals surface area (Å²) in [4.78, 5) is 40.2. The van der Waals surface area contributed by atoms with Crippen molar-refractivity contribution in [2.75, 3.05) is 6.54 Å². The van der Waals surface area contributed by atoms with Gasteiger partial charge in [-0.15, -0.1) is 0 Å². The molecule has 0 aliphatic rings. The van der Waals surface area contributed by atoms with Crippen LogP contribution in [0.5, 0.6) is 0 Å². The van der Waals surface area contributed by atoms with Crippen LogP contribution in [0, 0.1) is 5.82 Å². The Morgan fingerprint density at radius 3 is 2.64 bits per heavy atom. The van der Waals surface area contributed by atoms with Crippen molar-refractivity contribution in [1.29, 1.82) is 0 Å². The lowest BCUT2D eigenvalue weighted by Gasteiger charge is -2.26. The fraction of sp³-hybridized carbons (Fsp3) is 0.241. The molecule has 2 amide bonds. The standard InChI is InChI=1S/C29H29ClFN5O3/c1-5-26(37)22-15-35(25-10-9-19(13-21(22)25)24-11-12-34(4)33-24)17-28(39)36(18(2)3)16-27(38)32-14-20-7-6-8-23(30)29(20)31/h5-13,15,18H,1,14,16-17H2,2-4H3,(H,32,38). The number of aromatic nitrogens is 3. The molecular weight excluding hydrogens is 521 g/mol. The molecule has 1 N–H and O–H groups in total. The summed E-state index contributed by atoms with van der Waals surface area (Å²) < 4.78 is 17.6. The zero-order valence-electron chi connectivity index (χ0n) is 21.9. The Hall–Kier alpha value is -4.24. The molecule has 39 heavy (non-hydrogen) atoms. The van der Waals surface area contributed by atoms with E-state index >= 15 is 0 Å². The molecule has 10 heteroatoms. The maximum absolute atomic E-state index is 14.2. The zero-order valence-corrected chi connectivity index (χ0v) is 22.7. The number of carbonyl (C=O) groups is 3. The molecule has 0 aliphatic heterocycles. The smallest absolute Gasteiger partial charge is 0.243 e. The van der Waals surface area contributed by atoms with Crippen LogP contribution in [0.25, 0.3) is 22.2 Å². The Balaban J connectivity index is 1.55. The number of nitrogens with zero attached hydrogens (tertiary/aromatic N) is 4. The van der Waals surface area contributed by atoms with Gasteiger partial charge in [-0.1, -0.05) is 36.4 Å². The number of halogens is 2. The van der Waals surface area contributed by atoms with Gasteiger partial charge >= 0.3 is 0 Å². The highest BCUT2D eigenvalue weighted by atomic mass is 35.5. The number of hydrogen-bond donors (Lipinski definition) is 1. The van der Waals surface area contributed by atoms with Crippen LogP contribution in [0.1, 0.15) is 29.8 Å². The first-order chi connectivity index (χ1) is 18.6. The Morgan fingerprint density at radius 2 is 1.97 bits per heavy atom. The second-order valence-corrected chi connectivity index (χ2v) is 9.86. The highest BCUT2D eigenvalue weighted by molar-refractivity contribution is 6.30. The van der Waals surface area contributed by atoms with Crippen LogP contribution in [0.2, 0.25) is 5.02 Å². The Morgan fingerprint density at radius 1 is 1.21 bits per heavy atom. The highest BCUT2D eigenvalue weighted by Crippen LogP contribution is 2.28. The lowest BCUT2D eigenvalue weighted by atomic mass is 10.0. The van der Waals surface area contributed by atoms with Gasteiger partial charge < -0.3 is 14.8 Å². The molecule has 0 unspecified atom stereocenters. The number of nitrogens with one attached hydrogen (secondary N) is 1. The zero-order chi connectivity index (χ0) is 28.3. The van der Waals surface area contributed by atoms with Gasteiger partial charge in [-0.3, -0.25) is 19.1 Å². The van der Waals surface area contributed by atoms with E-state index < -0.39 is 11.7 Å². The number of carbonyl (C=O) groups excluding carboxylic acids is 3. The van der Waals surface area contributed by atoms with Crippen molar-refractivity contribution in [3.63, 3.8) is 0 Å². The summed E-state index contributed by atoms with van der Waals surface area (Å²) in [5.41, 5.74) is 2.96. The summed E-state index contributed by atoms with van der Waals surface area (Å²) >= 11 is 5.81. The van der Waals surface area contributed by atoms with E-state index in [1.807, 2.05) is 37.5 Å². The van der Waals surface area contributed by atoms with E-state index in [9.17, 15) is 18.8 Å². The van der Waals surface area contributed by atoms with Crippen LogP contribution >= 0.6 is 11.6 Å². The fourth-order valence-electron chi connectivity index (χ4n) is 4.35. The summed E-state index contributed by atoms with van der Waals surface area (Å²) in [6, 6.07) is 11.8. The largest absolute Gasteiger partial charge is 0.350 e. The van der Waals surface area contributed by atoms with Crippen LogP contribution in [0.3, 0.4) is 0 Å². The molecular formula is C29H29ClFN5O3. The minimum atomic E-state index is -0.591. The third-order valence-corrected chi connectivity index (χ3v) is 6.70. The number of rotatable bonds is 10. The van der Waals surface area contributed by atoms with Gasteiger partial charge in [0.15, 0.2) is 5.78 Å². The van der Waals surface area contributed by atoms with Gasteiger partial charge in [0.05, 0.1) is 17.3 Å². The van der Waals surface area contributed by atoms with E-state index in [4.69, 9.17) is 11.6 Å². The first-order valence-corrected chi connectivity index (χ1v) is 12.8. The molecule has 2 heterocycles. The average molecular weight is 550 g/mol. The van der Waals surface area contributed by atoms with Gasteiger partial charge in [-0.25, -0.2) is 4.39 Å². The summed E-state index contributed by atoms with van der Waals surface area (Å²) in [6.07, 6.45) is 4.71. The van der Waals surface area contributed by atoms with Crippen molar-refractivity contribution >= 4 is 40.1 Å². The third-order valence-electron chi connectivity index (χ3n) is 6.41. The minimum Gasteiger partial charge on any atom is -0.350 e. The van der Waals surface area contributed by atoms with Crippen LogP contribution in [0.15, 0.2) is 67.5 Å². The molecule has 2 aromatic heterocycles. The average Bonchev–Trinajstić information content (AvgIpc) is 3.50. The predicted molar refractivity (Wildman–Crippen MR) is 149 cm³/mol. The molecule has 0 saturated heterocycles. The van der Waals surface area contributed by atoms with Gasteiger partial charge in [-0.05, 0) is 44.2 Å². The number of ketones is 1.